The van der Waals surface area contributed by atoms with E-state index in [1.807, 2.05) is 11.8 Å². The fourth-order valence-electron chi connectivity index (χ4n) is 1.68. The molecule has 3 nitrogen and oxygen atoms in total. The number of likely N-dealkylation sites (N-methyl/N-ethyl adjacent to an activating group) is 1. The van der Waals surface area contributed by atoms with Crippen LogP contribution in [0.1, 0.15) is 6.42 Å². The molecule has 1 heterocycles. The highest BCUT2D eigenvalue weighted by atomic mass is 32.2. The van der Waals surface area contributed by atoms with Crippen molar-refractivity contribution in [1.82, 2.24) is 4.90 Å². The molecule has 0 amide bonds. The Morgan fingerprint density at radius 1 is 1.62 bits per heavy atom. The normalized spacial score (nSPS) is 28.6. The van der Waals surface area contributed by atoms with Gasteiger partial charge in [-0.05, 0) is 19.7 Å². The Labute approximate surface area is 85.0 Å². The van der Waals surface area contributed by atoms with Crippen molar-refractivity contribution in [3.8, 4) is 0 Å². The number of rotatable bonds is 5. The molecule has 4 heteroatoms. The highest BCUT2D eigenvalue weighted by Crippen LogP contribution is 2.23. The van der Waals surface area contributed by atoms with Crippen LogP contribution in [0, 0.1) is 0 Å². The fraction of sp³-hybridized carbons (Fsp3) is 1.00. The number of nitrogens with zero attached hydrogens (tertiary/aromatic N) is 1. The Hall–Kier alpha value is 0.230. The lowest BCUT2D eigenvalue weighted by molar-refractivity contribution is 0.0988. The third-order valence-electron chi connectivity index (χ3n) is 2.90. The maximum Gasteiger partial charge on any atom is 0.0663 e. The van der Waals surface area contributed by atoms with E-state index in [9.17, 15) is 0 Å². The molecule has 1 atom stereocenters. The molecule has 1 aliphatic heterocycles. The second kappa shape index (κ2) is 5.20. The molecule has 0 spiro atoms. The van der Waals surface area contributed by atoms with Crippen molar-refractivity contribution in [2.24, 2.45) is 5.73 Å². The minimum Gasteiger partial charge on any atom is -0.379 e. The van der Waals surface area contributed by atoms with Crippen molar-refractivity contribution in [1.29, 1.82) is 0 Å². The topological polar surface area (TPSA) is 38.5 Å². The van der Waals surface area contributed by atoms with E-state index in [0.29, 0.717) is 6.54 Å². The van der Waals surface area contributed by atoms with Gasteiger partial charge in [-0.15, -0.1) is 0 Å². The fourth-order valence-corrected chi connectivity index (χ4v) is 2.14. The lowest BCUT2D eigenvalue weighted by Crippen LogP contribution is -2.53. The molecule has 0 aromatic heterocycles. The third-order valence-corrected chi connectivity index (χ3v) is 3.49. The maximum atomic E-state index is 5.81. The largest absolute Gasteiger partial charge is 0.379 e. The van der Waals surface area contributed by atoms with Crippen LogP contribution < -0.4 is 5.73 Å². The quantitative estimate of drug-likeness (QED) is 0.703. The molecular weight excluding hydrogens is 184 g/mol. The third kappa shape index (κ3) is 2.59. The maximum absolute atomic E-state index is 5.81. The lowest BCUT2D eigenvalue weighted by Gasteiger charge is -2.36. The van der Waals surface area contributed by atoms with Crippen molar-refractivity contribution < 1.29 is 4.74 Å². The summed E-state index contributed by atoms with van der Waals surface area (Å²) in [6.45, 7) is 3.47. The van der Waals surface area contributed by atoms with E-state index in [0.717, 1.165) is 31.9 Å². The van der Waals surface area contributed by atoms with Gasteiger partial charge < -0.3 is 10.5 Å². The number of thioether (sulfide) groups is 1. The molecule has 0 aliphatic carbocycles. The van der Waals surface area contributed by atoms with Crippen LogP contribution in [-0.4, -0.2) is 55.8 Å². The smallest absolute Gasteiger partial charge is 0.0663 e. The molecule has 1 saturated heterocycles. The number of hydrogen-bond acceptors (Lipinski definition) is 4. The van der Waals surface area contributed by atoms with E-state index in [-0.39, 0.29) is 5.54 Å². The Kier molecular flexibility index (Phi) is 4.52. The summed E-state index contributed by atoms with van der Waals surface area (Å²) in [4.78, 5) is 2.36. The first-order valence-corrected chi connectivity index (χ1v) is 6.12. The first-order valence-electron chi connectivity index (χ1n) is 4.73. The van der Waals surface area contributed by atoms with Crippen LogP contribution in [0.3, 0.4) is 0 Å². The molecule has 1 rings (SSSR count). The standard InChI is InChI=1S/C9H20N2OS/c1-11(4-6-13-2)9(7-10)3-5-12-8-9/h3-8,10H2,1-2H3. The van der Waals surface area contributed by atoms with Gasteiger partial charge in [0.05, 0.1) is 12.1 Å². The molecule has 0 aromatic carbocycles. The molecule has 0 saturated carbocycles. The van der Waals surface area contributed by atoms with E-state index in [4.69, 9.17) is 10.5 Å². The zero-order valence-electron chi connectivity index (χ0n) is 8.58. The molecular formula is C9H20N2OS. The van der Waals surface area contributed by atoms with Gasteiger partial charge in [0.1, 0.15) is 0 Å². The van der Waals surface area contributed by atoms with Crippen molar-refractivity contribution >= 4 is 11.8 Å². The summed E-state index contributed by atoms with van der Waals surface area (Å²) >= 11 is 1.87. The Bertz CT molecular complexity index is 149. The highest BCUT2D eigenvalue weighted by molar-refractivity contribution is 7.98. The predicted octanol–water partition coefficient (Wildman–Crippen LogP) is 0.399. The van der Waals surface area contributed by atoms with Crippen LogP contribution in [0.25, 0.3) is 0 Å². The molecule has 1 aliphatic rings. The SMILES string of the molecule is CSCCN(C)C1(CN)CCOC1. The average Bonchev–Trinajstić information content (AvgIpc) is 2.63. The van der Waals surface area contributed by atoms with Gasteiger partial charge in [0.15, 0.2) is 0 Å². The Morgan fingerprint density at radius 3 is 2.85 bits per heavy atom. The van der Waals surface area contributed by atoms with Crippen LogP contribution in [0.2, 0.25) is 0 Å². The molecule has 0 bridgehead atoms. The van der Waals surface area contributed by atoms with E-state index < -0.39 is 0 Å². The van der Waals surface area contributed by atoms with Crippen LogP contribution in [-0.2, 0) is 4.74 Å². The molecule has 78 valence electrons. The highest BCUT2D eigenvalue weighted by Gasteiger charge is 2.36. The molecule has 0 radical (unpaired) electrons. The van der Waals surface area contributed by atoms with Gasteiger partial charge in [-0.25, -0.2) is 0 Å². The van der Waals surface area contributed by atoms with Crippen LogP contribution in [0.5, 0.6) is 0 Å². The first-order chi connectivity index (χ1) is 6.25. The van der Waals surface area contributed by atoms with E-state index in [1.165, 1.54) is 0 Å². The monoisotopic (exact) mass is 204 g/mol. The second-order valence-corrected chi connectivity index (χ2v) is 4.63. The Morgan fingerprint density at radius 2 is 2.38 bits per heavy atom. The summed E-state index contributed by atoms with van der Waals surface area (Å²) in [5.74, 6) is 1.16. The summed E-state index contributed by atoms with van der Waals surface area (Å²) < 4.78 is 5.42. The molecule has 0 aromatic rings. The van der Waals surface area contributed by atoms with Gasteiger partial charge in [0.25, 0.3) is 0 Å². The minimum atomic E-state index is 0.121. The first kappa shape index (κ1) is 11.3. The minimum absolute atomic E-state index is 0.121. The second-order valence-electron chi connectivity index (χ2n) is 3.65. The van der Waals surface area contributed by atoms with Crippen molar-refractivity contribution in [2.75, 3.05) is 45.4 Å². The molecule has 1 unspecified atom stereocenters. The number of hydrogen-bond donors (Lipinski definition) is 1. The number of ether oxygens (including phenoxy) is 1. The van der Waals surface area contributed by atoms with Gasteiger partial charge in [-0.1, -0.05) is 0 Å². The Balaban J connectivity index is 2.44. The van der Waals surface area contributed by atoms with Crippen molar-refractivity contribution in [3.05, 3.63) is 0 Å². The molecule has 13 heavy (non-hydrogen) atoms. The zero-order chi connectivity index (χ0) is 9.73. The zero-order valence-corrected chi connectivity index (χ0v) is 9.40. The summed E-state index contributed by atoms with van der Waals surface area (Å²) in [7, 11) is 2.15. The average molecular weight is 204 g/mol. The summed E-state index contributed by atoms with van der Waals surface area (Å²) in [5.41, 5.74) is 5.93. The van der Waals surface area contributed by atoms with Crippen molar-refractivity contribution in [2.45, 2.75) is 12.0 Å². The summed E-state index contributed by atoms with van der Waals surface area (Å²) in [5, 5.41) is 0. The molecule has 2 N–H and O–H groups in total. The van der Waals surface area contributed by atoms with Crippen LogP contribution >= 0.6 is 11.8 Å². The van der Waals surface area contributed by atoms with Crippen LogP contribution in [0.15, 0.2) is 0 Å². The lowest BCUT2D eigenvalue weighted by atomic mass is 9.97. The molecule has 1 fully saturated rings. The van der Waals surface area contributed by atoms with Crippen molar-refractivity contribution in [3.63, 3.8) is 0 Å². The van der Waals surface area contributed by atoms with Gasteiger partial charge in [0.2, 0.25) is 0 Å². The van der Waals surface area contributed by atoms with E-state index >= 15 is 0 Å². The van der Waals surface area contributed by atoms with E-state index in [2.05, 4.69) is 18.2 Å². The number of nitrogens with two attached hydrogens (primary N) is 1. The summed E-state index contributed by atoms with van der Waals surface area (Å²) in [6, 6.07) is 0. The van der Waals surface area contributed by atoms with Crippen LogP contribution in [0.4, 0.5) is 0 Å². The van der Waals surface area contributed by atoms with E-state index in [1.54, 1.807) is 0 Å². The van der Waals surface area contributed by atoms with Gasteiger partial charge in [0, 0.05) is 25.4 Å². The summed E-state index contributed by atoms with van der Waals surface area (Å²) in [6.07, 6.45) is 3.21. The van der Waals surface area contributed by atoms with Gasteiger partial charge >= 0.3 is 0 Å². The van der Waals surface area contributed by atoms with Gasteiger partial charge in [-0.2, -0.15) is 11.8 Å². The van der Waals surface area contributed by atoms with Gasteiger partial charge in [-0.3, -0.25) is 4.90 Å². The predicted molar refractivity (Wildman–Crippen MR) is 58.2 cm³/mol.